The summed E-state index contributed by atoms with van der Waals surface area (Å²) in [6.45, 7) is 3.71. The maximum Gasteiger partial charge on any atom is 0.187 e. The van der Waals surface area contributed by atoms with Gasteiger partial charge in [-0.05, 0) is 26.0 Å². The van der Waals surface area contributed by atoms with Gasteiger partial charge in [-0.2, -0.15) is 0 Å². The second-order valence-corrected chi connectivity index (χ2v) is 5.38. The molecule has 0 aliphatic rings. The highest BCUT2D eigenvalue weighted by Gasteiger charge is 2.12. The molecule has 3 heterocycles. The van der Waals surface area contributed by atoms with Crippen LogP contribution in [0.4, 0.5) is 0 Å². The summed E-state index contributed by atoms with van der Waals surface area (Å²) >= 11 is 0. The molecule has 6 heteroatoms. The quantitative estimate of drug-likeness (QED) is 0.672. The molecule has 0 saturated carbocycles. The number of aryl methyl sites for hydroxylation is 2. The number of rotatable bonds is 5. The Kier molecular flexibility index (Phi) is 4.56. The summed E-state index contributed by atoms with van der Waals surface area (Å²) in [5.41, 5.74) is 2.66. The minimum Gasteiger partial charge on any atom is -0.454 e. The van der Waals surface area contributed by atoms with E-state index in [1.165, 1.54) is 6.33 Å². The van der Waals surface area contributed by atoms with Crippen molar-refractivity contribution >= 4 is 5.78 Å². The van der Waals surface area contributed by atoms with Crippen LogP contribution in [-0.4, -0.2) is 25.7 Å². The normalized spacial score (nSPS) is 10.4. The molecule has 0 aromatic carbocycles. The second-order valence-electron chi connectivity index (χ2n) is 5.38. The average Bonchev–Trinajstić information content (AvgIpc) is 2.55. The van der Waals surface area contributed by atoms with Crippen LogP contribution in [-0.2, 0) is 6.42 Å². The second kappa shape index (κ2) is 6.95. The van der Waals surface area contributed by atoms with Gasteiger partial charge in [-0.1, -0.05) is 6.07 Å². The van der Waals surface area contributed by atoms with Crippen molar-refractivity contribution in [3.05, 3.63) is 71.8 Å². The van der Waals surface area contributed by atoms with Gasteiger partial charge in [-0.3, -0.25) is 9.78 Å². The molecule has 6 nitrogen and oxygen atoms in total. The minimum absolute atomic E-state index is 0.106. The number of hydrogen-bond acceptors (Lipinski definition) is 6. The number of carbonyl (C=O) groups excluding carboxylic acids is 1. The lowest BCUT2D eigenvalue weighted by Gasteiger charge is -2.08. The zero-order valence-electron chi connectivity index (χ0n) is 13.4. The third-order valence-corrected chi connectivity index (χ3v) is 3.27. The number of nitrogens with zero attached hydrogens (tertiary/aromatic N) is 4. The summed E-state index contributed by atoms with van der Waals surface area (Å²) in [5.74, 6) is 0.922. The van der Waals surface area contributed by atoms with Gasteiger partial charge in [0.1, 0.15) is 17.8 Å². The van der Waals surface area contributed by atoms with E-state index in [9.17, 15) is 4.79 Å². The van der Waals surface area contributed by atoms with Gasteiger partial charge in [0.05, 0.1) is 18.8 Å². The summed E-state index contributed by atoms with van der Waals surface area (Å²) in [6, 6.07) is 9.00. The Labute approximate surface area is 139 Å². The molecule has 0 spiro atoms. The molecule has 0 saturated heterocycles. The highest BCUT2D eigenvalue weighted by molar-refractivity contribution is 5.95. The van der Waals surface area contributed by atoms with E-state index in [4.69, 9.17) is 4.74 Å². The Bertz CT molecular complexity index is 866. The number of pyridine rings is 2. The third-order valence-electron chi connectivity index (χ3n) is 3.27. The number of ether oxygens (including phenoxy) is 1. The van der Waals surface area contributed by atoms with Crippen LogP contribution in [0.5, 0.6) is 11.5 Å². The van der Waals surface area contributed by atoms with Crippen molar-refractivity contribution in [1.29, 1.82) is 0 Å². The predicted octanol–water partition coefficient (Wildman–Crippen LogP) is 3.10. The first-order chi connectivity index (χ1) is 11.6. The largest absolute Gasteiger partial charge is 0.454 e. The zero-order chi connectivity index (χ0) is 16.9. The molecule has 24 heavy (non-hydrogen) atoms. The van der Waals surface area contributed by atoms with Crippen LogP contribution in [0, 0.1) is 13.8 Å². The monoisotopic (exact) mass is 320 g/mol. The maximum absolute atomic E-state index is 12.5. The molecular formula is C18H16N4O2. The van der Waals surface area contributed by atoms with Gasteiger partial charge in [0.25, 0.3) is 0 Å². The molecule has 3 aromatic heterocycles. The molecule has 3 aromatic rings. The van der Waals surface area contributed by atoms with Gasteiger partial charge in [0.2, 0.25) is 0 Å². The van der Waals surface area contributed by atoms with E-state index in [-0.39, 0.29) is 12.2 Å². The van der Waals surface area contributed by atoms with Crippen molar-refractivity contribution in [2.24, 2.45) is 0 Å². The van der Waals surface area contributed by atoms with Crippen molar-refractivity contribution in [2.45, 2.75) is 20.3 Å². The SMILES string of the molecule is Cc1cccc(CC(=O)c2cc(Oc3cncnc3)cc(C)n2)n1. The van der Waals surface area contributed by atoms with Crippen LogP contribution >= 0.6 is 0 Å². The summed E-state index contributed by atoms with van der Waals surface area (Å²) < 4.78 is 5.69. The molecule has 0 bridgehead atoms. The third kappa shape index (κ3) is 3.98. The molecular weight excluding hydrogens is 304 g/mol. The van der Waals surface area contributed by atoms with Gasteiger partial charge in [0, 0.05) is 29.2 Å². The lowest BCUT2D eigenvalue weighted by Crippen LogP contribution is -2.08. The minimum atomic E-state index is -0.106. The maximum atomic E-state index is 12.5. The molecule has 0 unspecified atom stereocenters. The topological polar surface area (TPSA) is 77.9 Å². The van der Waals surface area contributed by atoms with Gasteiger partial charge in [-0.15, -0.1) is 0 Å². The molecule has 0 radical (unpaired) electrons. The molecule has 0 amide bonds. The van der Waals surface area contributed by atoms with E-state index < -0.39 is 0 Å². The van der Waals surface area contributed by atoms with E-state index in [0.29, 0.717) is 22.9 Å². The Balaban J connectivity index is 1.81. The lowest BCUT2D eigenvalue weighted by molar-refractivity contribution is 0.0986. The highest BCUT2D eigenvalue weighted by Crippen LogP contribution is 2.21. The number of Topliss-reactive ketones (excluding diaryl/α,β-unsaturated/α-hetero) is 1. The van der Waals surface area contributed by atoms with Crippen LogP contribution in [0.1, 0.15) is 27.6 Å². The first-order valence-corrected chi connectivity index (χ1v) is 7.47. The van der Waals surface area contributed by atoms with Crippen LogP contribution in [0.25, 0.3) is 0 Å². The summed E-state index contributed by atoms with van der Waals surface area (Å²) in [6.07, 6.45) is 4.74. The van der Waals surface area contributed by atoms with E-state index >= 15 is 0 Å². The Morgan fingerprint density at radius 3 is 2.54 bits per heavy atom. The van der Waals surface area contributed by atoms with Crippen molar-refractivity contribution < 1.29 is 9.53 Å². The summed E-state index contributed by atoms with van der Waals surface area (Å²) in [5, 5.41) is 0. The van der Waals surface area contributed by atoms with Gasteiger partial charge < -0.3 is 4.74 Å². The van der Waals surface area contributed by atoms with Crippen LogP contribution in [0.3, 0.4) is 0 Å². The number of aromatic nitrogens is 4. The van der Waals surface area contributed by atoms with Gasteiger partial charge in [0.15, 0.2) is 11.5 Å². The molecule has 0 aliphatic heterocycles. The fourth-order valence-corrected chi connectivity index (χ4v) is 2.27. The standard InChI is InChI=1S/C18H16N4O2/c1-12-4-3-5-14(21-12)7-18(23)17-8-15(6-13(2)22-17)24-16-9-19-11-20-10-16/h3-6,8-11H,7H2,1-2H3. The molecule has 3 rings (SSSR count). The van der Waals surface area contributed by atoms with Crippen molar-refractivity contribution in [3.8, 4) is 11.5 Å². The lowest BCUT2D eigenvalue weighted by atomic mass is 10.1. The predicted molar refractivity (Wildman–Crippen MR) is 88.1 cm³/mol. The number of carbonyl (C=O) groups is 1. The first-order valence-electron chi connectivity index (χ1n) is 7.47. The molecule has 0 atom stereocenters. The van der Waals surface area contributed by atoms with E-state index in [1.807, 2.05) is 32.0 Å². The molecule has 0 aliphatic carbocycles. The van der Waals surface area contributed by atoms with E-state index in [0.717, 1.165) is 11.4 Å². The fourth-order valence-electron chi connectivity index (χ4n) is 2.27. The molecule has 0 fully saturated rings. The van der Waals surface area contributed by atoms with Crippen molar-refractivity contribution in [2.75, 3.05) is 0 Å². The summed E-state index contributed by atoms with van der Waals surface area (Å²) in [4.78, 5) is 29.0. The van der Waals surface area contributed by atoms with Crippen LogP contribution < -0.4 is 4.74 Å². The van der Waals surface area contributed by atoms with Gasteiger partial charge in [-0.25, -0.2) is 15.0 Å². The van der Waals surface area contributed by atoms with Crippen LogP contribution in [0.15, 0.2) is 49.1 Å². The smallest absolute Gasteiger partial charge is 0.187 e. The zero-order valence-corrected chi connectivity index (χ0v) is 13.4. The summed E-state index contributed by atoms with van der Waals surface area (Å²) in [7, 11) is 0. The Morgan fingerprint density at radius 2 is 1.79 bits per heavy atom. The van der Waals surface area contributed by atoms with Crippen LogP contribution in [0.2, 0.25) is 0 Å². The molecule has 120 valence electrons. The Morgan fingerprint density at radius 1 is 1.00 bits per heavy atom. The van der Waals surface area contributed by atoms with Gasteiger partial charge >= 0.3 is 0 Å². The van der Waals surface area contributed by atoms with Crippen molar-refractivity contribution in [3.63, 3.8) is 0 Å². The Hall–Kier alpha value is -3.15. The first kappa shape index (κ1) is 15.7. The average molecular weight is 320 g/mol. The fraction of sp³-hybridized carbons (Fsp3) is 0.167. The van der Waals surface area contributed by atoms with E-state index in [1.54, 1.807) is 24.5 Å². The van der Waals surface area contributed by atoms with Crippen molar-refractivity contribution in [1.82, 2.24) is 19.9 Å². The van der Waals surface area contributed by atoms with E-state index in [2.05, 4.69) is 19.9 Å². The highest BCUT2D eigenvalue weighted by atomic mass is 16.5. The number of hydrogen-bond donors (Lipinski definition) is 0. The number of ketones is 1. The molecule has 0 N–H and O–H groups in total.